The molecule has 36 heavy (non-hydrogen) atoms. The molecule has 0 radical (unpaired) electrons. The summed E-state index contributed by atoms with van der Waals surface area (Å²) in [4.78, 5) is 12.0. The first-order valence-electron chi connectivity index (χ1n) is 11.4. The summed E-state index contributed by atoms with van der Waals surface area (Å²) < 4.78 is 63.6. The lowest BCUT2D eigenvalue weighted by Gasteiger charge is -2.45. The van der Waals surface area contributed by atoms with E-state index in [2.05, 4.69) is 5.32 Å². The molecule has 190 valence electrons. The van der Waals surface area contributed by atoms with Gasteiger partial charge in [-0.2, -0.15) is 13.2 Å². The van der Waals surface area contributed by atoms with Gasteiger partial charge in [0.05, 0.1) is 31.2 Å². The Morgan fingerprint density at radius 1 is 1.14 bits per heavy atom. The number of ether oxygens (including phenoxy) is 4. The largest absolute Gasteiger partial charge is 0.507 e. The molecule has 3 aromatic rings. The molecule has 1 spiro atoms. The molecule has 2 N–H and O–H groups in total. The zero-order valence-electron chi connectivity index (χ0n) is 19.5. The highest BCUT2D eigenvalue weighted by Gasteiger charge is 2.54. The number of fused-ring (bicyclic) bond motifs is 1. The maximum absolute atomic E-state index is 13.2. The first-order chi connectivity index (χ1) is 17.1. The van der Waals surface area contributed by atoms with E-state index in [1.54, 1.807) is 25.1 Å². The third kappa shape index (κ3) is 4.10. The monoisotopic (exact) mass is 503 g/mol. The van der Waals surface area contributed by atoms with Crippen molar-refractivity contribution < 1.29 is 42.0 Å². The van der Waals surface area contributed by atoms with Crippen molar-refractivity contribution in [1.82, 2.24) is 5.32 Å². The van der Waals surface area contributed by atoms with Crippen LogP contribution in [0.3, 0.4) is 0 Å². The van der Waals surface area contributed by atoms with Gasteiger partial charge in [-0.25, -0.2) is 0 Å². The van der Waals surface area contributed by atoms with E-state index in [-0.39, 0.29) is 18.8 Å². The van der Waals surface area contributed by atoms with Gasteiger partial charge in [-0.05, 0) is 36.8 Å². The third-order valence-electron chi connectivity index (χ3n) is 6.55. The van der Waals surface area contributed by atoms with Gasteiger partial charge >= 0.3 is 12.1 Å². The van der Waals surface area contributed by atoms with Gasteiger partial charge in [0, 0.05) is 17.4 Å². The first-order valence-corrected chi connectivity index (χ1v) is 11.4. The number of hydrogen-bond donors (Lipinski definition) is 2. The van der Waals surface area contributed by atoms with E-state index < -0.39 is 36.1 Å². The van der Waals surface area contributed by atoms with E-state index in [4.69, 9.17) is 18.9 Å². The highest BCUT2D eigenvalue weighted by Crippen LogP contribution is 2.54. The van der Waals surface area contributed by atoms with Gasteiger partial charge in [-0.1, -0.05) is 30.3 Å². The van der Waals surface area contributed by atoms with Crippen LogP contribution in [0.25, 0.3) is 10.8 Å². The van der Waals surface area contributed by atoms with Crippen LogP contribution >= 0.6 is 0 Å². The topological polar surface area (TPSA) is 86.2 Å². The molecule has 5 rings (SSSR count). The fraction of sp³-hybridized carbons (Fsp3) is 0.346. The molecule has 1 saturated heterocycles. The lowest BCUT2D eigenvalue weighted by Crippen LogP contribution is -2.61. The molecule has 0 aliphatic carbocycles. The van der Waals surface area contributed by atoms with Crippen molar-refractivity contribution in [2.45, 2.75) is 50.2 Å². The molecule has 2 heterocycles. The summed E-state index contributed by atoms with van der Waals surface area (Å²) >= 11 is 0. The molecule has 3 aromatic carbocycles. The molecule has 4 atom stereocenters. The van der Waals surface area contributed by atoms with Crippen LogP contribution in [-0.2, 0) is 26.7 Å². The van der Waals surface area contributed by atoms with Crippen LogP contribution < -0.4 is 14.8 Å². The maximum Gasteiger partial charge on any atom is 0.471 e. The summed E-state index contributed by atoms with van der Waals surface area (Å²) in [6.45, 7) is 1.78. The lowest BCUT2D eigenvalue weighted by molar-refractivity contribution is -0.276. The summed E-state index contributed by atoms with van der Waals surface area (Å²) in [6, 6.07) is 14.4. The number of carbonyl (C=O) groups excluding carboxylic acids is 1. The zero-order chi connectivity index (χ0) is 25.7. The smallest absolute Gasteiger partial charge is 0.471 e. The van der Waals surface area contributed by atoms with Gasteiger partial charge in [0.15, 0.2) is 0 Å². The summed E-state index contributed by atoms with van der Waals surface area (Å²) in [6.07, 6.45) is -6.88. The average molecular weight is 503 g/mol. The van der Waals surface area contributed by atoms with Crippen molar-refractivity contribution in [2.24, 2.45) is 0 Å². The molecule has 1 fully saturated rings. The Labute approximate surface area is 204 Å². The highest BCUT2D eigenvalue weighted by atomic mass is 19.4. The van der Waals surface area contributed by atoms with Crippen LogP contribution in [0.2, 0.25) is 0 Å². The number of rotatable bonds is 5. The second-order valence-electron chi connectivity index (χ2n) is 8.87. The van der Waals surface area contributed by atoms with Crippen LogP contribution in [-0.4, -0.2) is 42.5 Å². The Morgan fingerprint density at radius 3 is 2.58 bits per heavy atom. The lowest BCUT2D eigenvalue weighted by atomic mass is 9.88. The number of hydrogen-bond acceptors (Lipinski definition) is 6. The molecule has 0 saturated carbocycles. The molecule has 2 aliphatic rings. The van der Waals surface area contributed by atoms with Crippen molar-refractivity contribution >= 4 is 16.7 Å². The molecule has 0 unspecified atom stereocenters. The van der Waals surface area contributed by atoms with Crippen molar-refractivity contribution in [3.8, 4) is 17.2 Å². The maximum atomic E-state index is 13.2. The van der Waals surface area contributed by atoms with Gasteiger partial charge in [0.2, 0.25) is 5.79 Å². The number of carbonyl (C=O) groups is 1. The fourth-order valence-electron chi connectivity index (χ4n) is 5.01. The number of phenols is 1. The number of aromatic hydroxyl groups is 1. The van der Waals surface area contributed by atoms with Crippen LogP contribution in [0.5, 0.6) is 17.2 Å². The van der Waals surface area contributed by atoms with E-state index in [0.717, 1.165) is 5.56 Å². The number of phenolic OH excluding ortho intramolecular Hbond substituents is 1. The number of amides is 1. The molecular weight excluding hydrogens is 479 g/mol. The van der Waals surface area contributed by atoms with Gasteiger partial charge in [-0.15, -0.1) is 0 Å². The van der Waals surface area contributed by atoms with E-state index in [1.165, 1.54) is 13.2 Å². The van der Waals surface area contributed by atoms with Gasteiger partial charge in [-0.3, -0.25) is 4.79 Å². The van der Waals surface area contributed by atoms with E-state index in [0.29, 0.717) is 27.8 Å². The van der Waals surface area contributed by atoms with Crippen LogP contribution in [0.4, 0.5) is 13.2 Å². The van der Waals surface area contributed by atoms with Gasteiger partial charge < -0.3 is 29.4 Å². The SMILES string of the molecule is COc1ccc2c3c(ccc(O)c13)O[C@@]21C[C@@H](NC(=O)C(F)(F)F)[C@H](OCc2ccccc2)[C@@H](C)O1. The Hall–Kier alpha value is -3.50. The minimum absolute atomic E-state index is 0.0389. The Balaban J connectivity index is 1.52. The Kier molecular flexibility index (Phi) is 5.96. The molecular formula is C26H24F3NO6. The molecule has 0 bridgehead atoms. The molecule has 0 aromatic heterocycles. The van der Waals surface area contributed by atoms with E-state index in [1.807, 2.05) is 30.3 Å². The van der Waals surface area contributed by atoms with Gasteiger partial charge in [0.25, 0.3) is 0 Å². The first kappa shape index (κ1) is 24.2. The number of alkyl halides is 3. The van der Waals surface area contributed by atoms with Crippen LogP contribution in [0, 0.1) is 0 Å². The van der Waals surface area contributed by atoms with Gasteiger partial charge in [0.1, 0.15) is 23.4 Å². The van der Waals surface area contributed by atoms with Crippen LogP contribution in [0.15, 0.2) is 54.6 Å². The van der Waals surface area contributed by atoms with Crippen molar-refractivity contribution in [3.05, 3.63) is 65.7 Å². The molecule has 7 nitrogen and oxygen atoms in total. The number of methoxy groups -OCH3 is 1. The second kappa shape index (κ2) is 8.86. The minimum atomic E-state index is -5.07. The normalized spacial score (nSPS) is 25.1. The average Bonchev–Trinajstić information content (AvgIpc) is 3.14. The molecule has 10 heteroatoms. The Morgan fingerprint density at radius 2 is 1.89 bits per heavy atom. The van der Waals surface area contributed by atoms with Crippen molar-refractivity contribution in [2.75, 3.05) is 7.11 Å². The third-order valence-corrected chi connectivity index (χ3v) is 6.55. The Bertz CT molecular complexity index is 1300. The zero-order valence-corrected chi connectivity index (χ0v) is 19.5. The van der Waals surface area contributed by atoms with Crippen molar-refractivity contribution in [1.29, 1.82) is 0 Å². The summed E-state index contributed by atoms with van der Waals surface area (Å²) in [5.74, 6) is -2.82. The number of benzene rings is 3. The standard InChI is InChI=1S/C26H24F3NO6/c1-14-23(34-13-15-6-4-3-5-7-15)17(30-24(32)26(27,28)29)12-25(35-14)16-8-10-19(33-2)22-18(31)9-11-20(36-25)21(16)22/h3-11,14,17,23,31H,12-13H2,1-2H3,(H,30,32)/t14-,17-,23-,25+/m1/s1. The minimum Gasteiger partial charge on any atom is -0.507 e. The number of nitrogens with one attached hydrogen (secondary N) is 1. The summed E-state index contributed by atoms with van der Waals surface area (Å²) in [7, 11) is 1.46. The molecule has 1 amide bonds. The highest BCUT2D eigenvalue weighted by molar-refractivity contribution is 6.01. The number of halogens is 3. The molecule has 2 aliphatic heterocycles. The van der Waals surface area contributed by atoms with Crippen LogP contribution in [0.1, 0.15) is 24.5 Å². The van der Waals surface area contributed by atoms with Crippen molar-refractivity contribution in [3.63, 3.8) is 0 Å². The fourth-order valence-corrected chi connectivity index (χ4v) is 5.01. The predicted octanol–water partition coefficient (Wildman–Crippen LogP) is 4.54. The second-order valence-corrected chi connectivity index (χ2v) is 8.87. The summed E-state index contributed by atoms with van der Waals surface area (Å²) in [5.41, 5.74) is 1.34. The quantitative estimate of drug-likeness (QED) is 0.532. The van der Waals surface area contributed by atoms with E-state index in [9.17, 15) is 23.1 Å². The van der Waals surface area contributed by atoms with E-state index >= 15 is 0 Å². The predicted molar refractivity (Wildman–Crippen MR) is 123 cm³/mol. The summed E-state index contributed by atoms with van der Waals surface area (Å²) in [5, 5.41) is 13.5.